The van der Waals surface area contributed by atoms with Crippen molar-refractivity contribution < 1.29 is 9.90 Å². The second kappa shape index (κ2) is 8.09. The summed E-state index contributed by atoms with van der Waals surface area (Å²) in [7, 11) is 0. The summed E-state index contributed by atoms with van der Waals surface area (Å²) >= 11 is 2.74. The molecule has 3 aromatic rings. The van der Waals surface area contributed by atoms with Crippen molar-refractivity contribution in [2.24, 2.45) is 0 Å². The fourth-order valence-electron chi connectivity index (χ4n) is 1.77. The zero-order valence-electron chi connectivity index (χ0n) is 12.9. The maximum Gasteiger partial charge on any atom is -0.0623 e. The molecular weight excluding hydrogens is 373 g/mol. The maximum atomic E-state index is 10.9. The number of rotatable bonds is 3. The fourth-order valence-corrected chi connectivity index (χ4v) is 2.99. The monoisotopic (exact) mass is 391 g/mol. The Balaban J connectivity index is 0.000000268. The van der Waals surface area contributed by atoms with Crippen LogP contribution in [-0.4, -0.2) is 42.7 Å². The Bertz CT molecular complexity index is 742. The van der Waals surface area contributed by atoms with Crippen molar-refractivity contribution in [3.8, 4) is 10.7 Å². The van der Waals surface area contributed by atoms with Crippen LogP contribution in [0.15, 0.2) is 48.7 Å². The SMILES string of the molecule is Cc1nc(-c2ccn(C(C)[AsH2])n2)sc1C(=O)O.c1ccccc1. The molecule has 0 amide bonds. The molecule has 0 bridgehead atoms. The number of aromatic carboxylic acids is 1. The normalized spacial score (nSPS) is 11.4. The summed E-state index contributed by atoms with van der Waals surface area (Å²) in [6.45, 7) is 3.76. The summed E-state index contributed by atoms with van der Waals surface area (Å²) in [5.74, 6) is -0.933. The molecule has 5 nitrogen and oxygen atoms in total. The summed E-state index contributed by atoms with van der Waals surface area (Å²) in [5, 5.41) is 14.0. The summed E-state index contributed by atoms with van der Waals surface area (Å²) in [6, 6.07) is 13.9. The fraction of sp³-hybridized carbons (Fsp3) is 0.188. The summed E-state index contributed by atoms with van der Waals surface area (Å²) < 4.78 is 1.85. The van der Waals surface area contributed by atoms with E-state index in [1.165, 1.54) is 0 Å². The van der Waals surface area contributed by atoms with Crippen LogP contribution < -0.4 is 0 Å². The Morgan fingerprint density at radius 2 is 1.83 bits per heavy atom. The number of carbonyl (C=O) groups is 1. The second-order valence-corrected chi connectivity index (χ2v) is 7.84. The molecule has 2 atom stereocenters. The van der Waals surface area contributed by atoms with E-state index in [0.29, 0.717) is 15.5 Å². The van der Waals surface area contributed by atoms with Gasteiger partial charge in [-0.3, -0.25) is 0 Å². The van der Waals surface area contributed by atoms with Gasteiger partial charge >= 0.3 is 111 Å². The zero-order chi connectivity index (χ0) is 16.8. The predicted molar refractivity (Wildman–Crippen MR) is 94.7 cm³/mol. The minimum atomic E-state index is -0.933. The van der Waals surface area contributed by atoms with Gasteiger partial charge in [0.1, 0.15) is 0 Å². The third-order valence-corrected chi connectivity index (χ3v) is 4.71. The largest absolute Gasteiger partial charge is 0.0623 e. The van der Waals surface area contributed by atoms with Crippen molar-refractivity contribution >= 4 is 34.2 Å². The van der Waals surface area contributed by atoms with E-state index in [-0.39, 0.29) is 4.88 Å². The van der Waals surface area contributed by atoms with Crippen LogP contribution in [0.4, 0.5) is 0 Å². The Labute approximate surface area is 147 Å². The Kier molecular flexibility index (Phi) is 6.13. The first-order valence-corrected chi connectivity index (χ1v) is 9.22. The molecule has 23 heavy (non-hydrogen) atoms. The second-order valence-electron chi connectivity index (χ2n) is 4.81. The smallest absolute Gasteiger partial charge is 0.0623 e. The molecule has 2 aromatic heterocycles. The van der Waals surface area contributed by atoms with Crippen molar-refractivity contribution in [2.75, 3.05) is 0 Å². The molecule has 0 fully saturated rings. The van der Waals surface area contributed by atoms with Crippen LogP contribution in [0.5, 0.6) is 0 Å². The molecule has 2 heterocycles. The summed E-state index contributed by atoms with van der Waals surface area (Å²) in [4.78, 5) is 15.8. The molecule has 0 aliphatic heterocycles. The molecule has 0 spiro atoms. The van der Waals surface area contributed by atoms with Gasteiger partial charge in [-0.15, -0.1) is 0 Å². The molecule has 0 aliphatic carbocycles. The third kappa shape index (κ3) is 4.78. The quantitative estimate of drug-likeness (QED) is 0.698. The number of carboxylic acid groups (broad SMARTS) is 1. The van der Waals surface area contributed by atoms with E-state index < -0.39 is 5.97 Å². The van der Waals surface area contributed by atoms with Gasteiger partial charge in [0.05, 0.1) is 0 Å². The number of aryl methyl sites for hydroxylation is 1. The number of aromatic nitrogens is 3. The Morgan fingerprint density at radius 1 is 1.26 bits per heavy atom. The first-order chi connectivity index (χ1) is 11.0. The summed E-state index contributed by atoms with van der Waals surface area (Å²) in [6.07, 6.45) is 1.89. The molecule has 1 N–H and O–H groups in total. The number of hydrogen-bond donors (Lipinski definition) is 1. The minimum absolute atomic E-state index is 0.281. The molecule has 1 aromatic carbocycles. The van der Waals surface area contributed by atoms with Crippen LogP contribution in [0.2, 0.25) is 0 Å². The van der Waals surface area contributed by atoms with Crippen molar-refractivity contribution in [3.05, 3.63) is 59.2 Å². The maximum absolute atomic E-state index is 10.9. The van der Waals surface area contributed by atoms with Gasteiger partial charge in [0.2, 0.25) is 0 Å². The zero-order valence-corrected chi connectivity index (χ0v) is 16.1. The van der Waals surface area contributed by atoms with Crippen molar-refractivity contribution in [3.63, 3.8) is 0 Å². The van der Waals surface area contributed by atoms with E-state index in [9.17, 15) is 4.79 Å². The predicted octanol–water partition coefficient (Wildman–Crippen LogP) is 2.85. The first kappa shape index (κ1) is 17.4. The molecule has 0 saturated heterocycles. The molecule has 2 unspecified atom stereocenters. The summed E-state index contributed by atoms with van der Waals surface area (Å²) in [5.41, 5.74) is 1.27. The van der Waals surface area contributed by atoms with E-state index >= 15 is 0 Å². The number of hydrogen-bond acceptors (Lipinski definition) is 4. The standard InChI is InChI=1S/C10H12AsN3O2S.C6H6/c1-5-8(10(15)16)17-9(12-5)7-3-4-14(13-7)6(2)11;1-2-4-6-5-3-1/h3-4,6H,11H2,1-2H3,(H,15,16);1-6H. The van der Waals surface area contributed by atoms with Gasteiger partial charge in [-0.05, 0) is 0 Å². The minimum Gasteiger partial charge on any atom is -0.0623 e. The van der Waals surface area contributed by atoms with Crippen LogP contribution in [-0.2, 0) is 0 Å². The van der Waals surface area contributed by atoms with Crippen molar-refractivity contribution in [1.29, 1.82) is 0 Å². The van der Waals surface area contributed by atoms with E-state index in [1.54, 1.807) is 23.8 Å². The van der Waals surface area contributed by atoms with Gasteiger partial charge in [0.15, 0.2) is 0 Å². The van der Waals surface area contributed by atoms with E-state index in [0.717, 1.165) is 17.0 Å². The molecule has 0 saturated carbocycles. The molecule has 0 radical (unpaired) electrons. The number of carboxylic acids is 1. The average molecular weight is 391 g/mol. The first-order valence-electron chi connectivity index (χ1n) is 7.01. The van der Waals surface area contributed by atoms with Crippen LogP contribution in [0.1, 0.15) is 27.1 Å². The van der Waals surface area contributed by atoms with Gasteiger partial charge in [-0.2, -0.15) is 0 Å². The van der Waals surface area contributed by atoms with E-state index in [4.69, 9.17) is 5.11 Å². The molecular formula is C16H18AsN3O2S. The Morgan fingerprint density at radius 3 is 2.22 bits per heavy atom. The molecule has 0 aliphatic rings. The van der Waals surface area contributed by atoms with Gasteiger partial charge in [-0.1, -0.05) is 36.4 Å². The number of benzene rings is 1. The Hall–Kier alpha value is -1.91. The van der Waals surface area contributed by atoms with E-state index in [1.807, 2.05) is 53.3 Å². The van der Waals surface area contributed by atoms with Gasteiger partial charge in [0, 0.05) is 0 Å². The van der Waals surface area contributed by atoms with Crippen LogP contribution in [0, 0.1) is 6.92 Å². The average Bonchev–Trinajstić information content (AvgIpc) is 3.16. The third-order valence-electron chi connectivity index (χ3n) is 2.90. The van der Waals surface area contributed by atoms with E-state index in [2.05, 4.69) is 17.0 Å². The van der Waals surface area contributed by atoms with Crippen LogP contribution in [0.3, 0.4) is 0 Å². The molecule has 7 heteroatoms. The van der Waals surface area contributed by atoms with Gasteiger partial charge in [-0.25, -0.2) is 0 Å². The molecule has 3 rings (SSSR count). The van der Waals surface area contributed by atoms with Crippen molar-refractivity contribution in [2.45, 2.75) is 18.7 Å². The van der Waals surface area contributed by atoms with Gasteiger partial charge in [0.25, 0.3) is 0 Å². The van der Waals surface area contributed by atoms with Crippen LogP contribution in [0.25, 0.3) is 10.7 Å². The van der Waals surface area contributed by atoms with Gasteiger partial charge < -0.3 is 0 Å². The number of nitrogens with zero attached hydrogens (tertiary/aromatic N) is 3. The van der Waals surface area contributed by atoms with Crippen LogP contribution >= 0.6 is 11.3 Å². The van der Waals surface area contributed by atoms with Crippen molar-refractivity contribution in [1.82, 2.24) is 14.8 Å². The number of thiazole rings is 1. The topological polar surface area (TPSA) is 68.0 Å². The molecule has 120 valence electrons.